The highest BCUT2D eigenvalue weighted by atomic mass is 16.5. The van der Waals surface area contributed by atoms with Crippen molar-refractivity contribution in [3.63, 3.8) is 0 Å². The SMILES string of the molecule is C[C@H](N)C(=O)NCCCCOCc1ccccc1. The summed E-state index contributed by atoms with van der Waals surface area (Å²) in [5, 5.41) is 2.77. The number of rotatable bonds is 8. The quantitative estimate of drug-likeness (QED) is 0.686. The first kappa shape index (κ1) is 14.7. The van der Waals surface area contributed by atoms with E-state index in [1.165, 1.54) is 5.56 Å². The molecule has 0 heterocycles. The molecule has 18 heavy (non-hydrogen) atoms. The van der Waals surface area contributed by atoms with Crippen LogP contribution in [0.5, 0.6) is 0 Å². The molecule has 1 atom stereocenters. The minimum atomic E-state index is -0.431. The van der Waals surface area contributed by atoms with Crippen LogP contribution in [0.25, 0.3) is 0 Å². The molecular formula is C14H22N2O2. The average molecular weight is 250 g/mol. The number of benzene rings is 1. The molecule has 0 bridgehead atoms. The summed E-state index contributed by atoms with van der Waals surface area (Å²) in [5.74, 6) is -0.0970. The molecule has 1 rings (SSSR count). The summed E-state index contributed by atoms with van der Waals surface area (Å²) in [6.07, 6.45) is 1.85. The summed E-state index contributed by atoms with van der Waals surface area (Å²) < 4.78 is 5.54. The van der Waals surface area contributed by atoms with Crippen molar-refractivity contribution in [1.82, 2.24) is 5.32 Å². The molecule has 1 aromatic carbocycles. The number of hydrogen-bond acceptors (Lipinski definition) is 3. The molecule has 0 saturated heterocycles. The van der Waals surface area contributed by atoms with Crippen molar-refractivity contribution in [2.24, 2.45) is 5.73 Å². The van der Waals surface area contributed by atoms with Crippen LogP contribution in [0.15, 0.2) is 30.3 Å². The fourth-order valence-electron chi connectivity index (χ4n) is 1.47. The van der Waals surface area contributed by atoms with Gasteiger partial charge < -0.3 is 15.8 Å². The Kier molecular flexibility index (Phi) is 7.06. The van der Waals surface area contributed by atoms with E-state index in [2.05, 4.69) is 5.32 Å². The number of carbonyl (C=O) groups excluding carboxylic acids is 1. The minimum Gasteiger partial charge on any atom is -0.377 e. The van der Waals surface area contributed by atoms with Crippen molar-refractivity contribution in [2.45, 2.75) is 32.4 Å². The maximum Gasteiger partial charge on any atom is 0.236 e. The Bertz CT molecular complexity index is 339. The number of ether oxygens (including phenoxy) is 1. The van der Waals surface area contributed by atoms with Gasteiger partial charge in [0.25, 0.3) is 0 Å². The zero-order valence-corrected chi connectivity index (χ0v) is 10.9. The molecule has 0 unspecified atom stereocenters. The lowest BCUT2D eigenvalue weighted by atomic mass is 10.2. The summed E-state index contributed by atoms with van der Waals surface area (Å²) in [7, 11) is 0. The molecule has 4 nitrogen and oxygen atoms in total. The van der Waals surface area contributed by atoms with Gasteiger partial charge in [-0.3, -0.25) is 4.79 Å². The lowest BCUT2D eigenvalue weighted by Crippen LogP contribution is -2.38. The van der Waals surface area contributed by atoms with Gasteiger partial charge in [0.15, 0.2) is 0 Å². The van der Waals surface area contributed by atoms with E-state index < -0.39 is 6.04 Å². The van der Waals surface area contributed by atoms with E-state index in [0.29, 0.717) is 19.8 Å². The molecule has 0 aliphatic carbocycles. The van der Waals surface area contributed by atoms with Crippen LogP contribution in [0.1, 0.15) is 25.3 Å². The van der Waals surface area contributed by atoms with Gasteiger partial charge in [-0.1, -0.05) is 30.3 Å². The highest BCUT2D eigenvalue weighted by Crippen LogP contribution is 2.01. The van der Waals surface area contributed by atoms with Crippen molar-refractivity contribution in [3.05, 3.63) is 35.9 Å². The third kappa shape index (κ3) is 6.37. The van der Waals surface area contributed by atoms with Crippen LogP contribution in [0.4, 0.5) is 0 Å². The lowest BCUT2D eigenvalue weighted by Gasteiger charge is -2.07. The summed E-state index contributed by atoms with van der Waals surface area (Å²) in [4.78, 5) is 11.1. The van der Waals surface area contributed by atoms with Crippen molar-refractivity contribution in [3.8, 4) is 0 Å². The number of hydrogen-bond donors (Lipinski definition) is 2. The number of unbranched alkanes of at least 4 members (excludes halogenated alkanes) is 1. The zero-order valence-electron chi connectivity index (χ0n) is 10.9. The molecule has 0 saturated carbocycles. The van der Waals surface area contributed by atoms with Gasteiger partial charge in [0, 0.05) is 13.2 Å². The molecule has 0 spiro atoms. The van der Waals surface area contributed by atoms with Crippen molar-refractivity contribution >= 4 is 5.91 Å². The van der Waals surface area contributed by atoms with Crippen molar-refractivity contribution < 1.29 is 9.53 Å². The van der Waals surface area contributed by atoms with Gasteiger partial charge in [-0.15, -0.1) is 0 Å². The Labute approximate surface area is 109 Å². The molecular weight excluding hydrogens is 228 g/mol. The van der Waals surface area contributed by atoms with E-state index >= 15 is 0 Å². The monoisotopic (exact) mass is 250 g/mol. The molecule has 3 N–H and O–H groups in total. The summed E-state index contributed by atoms with van der Waals surface area (Å²) in [6, 6.07) is 9.65. The third-order valence-corrected chi connectivity index (χ3v) is 2.54. The van der Waals surface area contributed by atoms with Gasteiger partial charge in [0.05, 0.1) is 12.6 Å². The first-order chi connectivity index (χ1) is 8.70. The van der Waals surface area contributed by atoms with E-state index in [9.17, 15) is 4.79 Å². The minimum absolute atomic E-state index is 0.0970. The average Bonchev–Trinajstić information content (AvgIpc) is 2.38. The normalized spacial score (nSPS) is 12.1. The standard InChI is InChI=1S/C14H22N2O2/c1-12(15)14(17)16-9-5-6-10-18-11-13-7-3-2-4-8-13/h2-4,7-8,12H,5-6,9-11,15H2,1H3,(H,16,17)/t12-/m0/s1. The van der Waals surface area contributed by atoms with Gasteiger partial charge >= 0.3 is 0 Å². The molecule has 0 fully saturated rings. The van der Waals surface area contributed by atoms with Gasteiger partial charge in [-0.2, -0.15) is 0 Å². The molecule has 0 aliphatic rings. The smallest absolute Gasteiger partial charge is 0.236 e. The van der Waals surface area contributed by atoms with Gasteiger partial charge in [-0.25, -0.2) is 0 Å². The Morgan fingerprint density at radius 3 is 2.72 bits per heavy atom. The molecule has 0 aliphatic heterocycles. The lowest BCUT2D eigenvalue weighted by molar-refractivity contribution is -0.121. The third-order valence-electron chi connectivity index (χ3n) is 2.54. The second-order valence-electron chi connectivity index (χ2n) is 4.32. The van der Waals surface area contributed by atoms with Crippen LogP contribution in [0.2, 0.25) is 0 Å². The van der Waals surface area contributed by atoms with Crippen LogP contribution in [-0.4, -0.2) is 25.1 Å². The van der Waals surface area contributed by atoms with E-state index in [4.69, 9.17) is 10.5 Å². The van der Waals surface area contributed by atoms with Crippen LogP contribution >= 0.6 is 0 Å². The van der Waals surface area contributed by atoms with Crippen LogP contribution in [-0.2, 0) is 16.1 Å². The van der Waals surface area contributed by atoms with Crippen LogP contribution in [0, 0.1) is 0 Å². The first-order valence-corrected chi connectivity index (χ1v) is 6.35. The maximum absolute atomic E-state index is 11.1. The molecule has 1 amide bonds. The zero-order chi connectivity index (χ0) is 13.2. The largest absolute Gasteiger partial charge is 0.377 e. The van der Waals surface area contributed by atoms with Crippen LogP contribution in [0.3, 0.4) is 0 Å². The molecule has 0 radical (unpaired) electrons. The fraction of sp³-hybridized carbons (Fsp3) is 0.500. The molecule has 100 valence electrons. The summed E-state index contributed by atoms with van der Waals surface area (Å²) in [5.41, 5.74) is 6.61. The van der Waals surface area contributed by atoms with Gasteiger partial charge in [-0.05, 0) is 25.3 Å². The van der Waals surface area contributed by atoms with Crippen molar-refractivity contribution in [2.75, 3.05) is 13.2 Å². The van der Waals surface area contributed by atoms with E-state index in [-0.39, 0.29) is 5.91 Å². The van der Waals surface area contributed by atoms with Crippen LogP contribution < -0.4 is 11.1 Å². The summed E-state index contributed by atoms with van der Waals surface area (Å²) >= 11 is 0. The first-order valence-electron chi connectivity index (χ1n) is 6.35. The van der Waals surface area contributed by atoms with Crippen molar-refractivity contribution in [1.29, 1.82) is 0 Å². The maximum atomic E-state index is 11.1. The number of nitrogens with one attached hydrogen (secondary N) is 1. The number of nitrogens with two attached hydrogens (primary N) is 1. The molecule has 0 aromatic heterocycles. The Hall–Kier alpha value is -1.39. The Balaban J connectivity index is 1.95. The second kappa shape index (κ2) is 8.66. The predicted octanol–water partition coefficient (Wildman–Crippen LogP) is 1.45. The van der Waals surface area contributed by atoms with E-state index in [1.54, 1.807) is 6.92 Å². The highest BCUT2D eigenvalue weighted by molar-refractivity contribution is 5.80. The Morgan fingerprint density at radius 1 is 1.33 bits per heavy atom. The van der Waals surface area contributed by atoms with E-state index in [0.717, 1.165) is 12.8 Å². The van der Waals surface area contributed by atoms with E-state index in [1.807, 2.05) is 30.3 Å². The predicted molar refractivity (Wildman–Crippen MR) is 72.0 cm³/mol. The van der Waals surface area contributed by atoms with Gasteiger partial charge in [0.2, 0.25) is 5.91 Å². The number of amides is 1. The topological polar surface area (TPSA) is 64.4 Å². The van der Waals surface area contributed by atoms with Gasteiger partial charge in [0.1, 0.15) is 0 Å². The molecule has 1 aromatic rings. The Morgan fingerprint density at radius 2 is 2.06 bits per heavy atom. The summed E-state index contributed by atoms with van der Waals surface area (Å²) in [6.45, 7) is 3.70. The fourth-order valence-corrected chi connectivity index (χ4v) is 1.47. The molecule has 4 heteroatoms. The second-order valence-corrected chi connectivity index (χ2v) is 4.32. The number of carbonyl (C=O) groups is 1. The highest BCUT2D eigenvalue weighted by Gasteiger charge is 2.04.